The van der Waals surface area contributed by atoms with E-state index in [0.717, 1.165) is 48.9 Å². The number of anilines is 2. The Morgan fingerprint density at radius 1 is 1.06 bits per heavy atom. The zero-order valence-corrected chi connectivity index (χ0v) is 22.3. The number of benzene rings is 2. The van der Waals surface area contributed by atoms with Gasteiger partial charge in [-0.2, -0.15) is 0 Å². The molecule has 2 N–H and O–H groups in total. The highest BCUT2D eigenvalue weighted by molar-refractivity contribution is 8.23. The van der Waals surface area contributed by atoms with Gasteiger partial charge in [0, 0.05) is 24.5 Å². The Hall–Kier alpha value is -2.14. The fraction of sp³-hybridized carbons (Fsp3) is 0.333. The molecule has 1 fully saturated rings. The number of nitrogens with one attached hydrogen (secondary N) is 2. The Bertz CT molecular complexity index is 1220. The van der Waals surface area contributed by atoms with E-state index < -0.39 is 0 Å². The second-order valence-electron chi connectivity index (χ2n) is 8.11. The average Bonchev–Trinajstić information content (AvgIpc) is 3.48. The van der Waals surface area contributed by atoms with Crippen molar-refractivity contribution in [1.29, 1.82) is 0 Å². The number of carbonyl (C=O) groups excluding carboxylic acids is 2. The molecular formula is C24H26N4O2S4. The lowest BCUT2D eigenvalue weighted by Crippen LogP contribution is -2.25. The summed E-state index contributed by atoms with van der Waals surface area (Å²) in [6, 6.07) is 11.6. The molecule has 34 heavy (non-hydrogen) atoms. The summed E-state index contributed by atoms with van der Waals surface area (Å²) < 4.78 is 2.59. The second-order valence-corrected chi connectivity index (χ2v) is 12.0. The number of carbonyl (C=O) groups is 2. The molecule has 0 atom stereocenters. The fourth-order valence-electron chi connectivity index (χ4n) is 3.63. The number of nitrogens with zero attached hydrogens (tertiary/aromatic N) is 2. The van der Waals surface area contributed by atoms with Crippen LogP contribution in [0.15, 0.2) is 40.7 Å². The third kappa shape index (κ3) is 6.71. The minimum atomic E-state index is -0.0759. The van der Waals surface area contributed by atoms with Gasteiger partial charge in [-0.3, -0.25) is 9.59 Å². The van der Waals surface area contributed by atoms with Gasteiger partial charge in [0.25, 0.3) is 0 Å². The molecule has 2 heterocycles. The van der Waals surface area contributed by atoms with E-state index in [1.54, 1.807) is 0 Å². The Kier molecular flexibility index (Phi) is 8.46. The molecule has 2 aromatic carbocycles. The number of aryl methyl sites for hydroxylation is 2. The van der Waals surface area contributed by atoms with Crippen LogP contribution in [-0.2, 0) is 9.59 Å². The normalized spacial score (nSPS) is 13.3. The van der Waals surface area contributed by atoms with Gasteiger partial charge in [-0.25, -0.2) is 4.98 Å². The van der Waals surface area contributed by atoms with Gasteiger partial charge in [0.2, 0.25) is 11.8 Å². The number of thioether (sulfide) groups is 2. The number of amides is 2. The van der Waals surface area contributed by atoms with E-state index in [1.165, 1.54) is 53.3 Å². The molecule has 1 aromatic heterocycles. The van der Waals surface area contributed by atoms with Crippen LogP contribution in [0.1, 0.15) is 24.0 Å². The Balaban J connectivity index is 1.28. The molecule has 6 nitrogen and oxygen atoms in total. The van der Waals surface area contributed by atoms with Crippen LogP contribution in [0, 0.1) is 13.8 Å². The maximum Gasteiger partial charge on any atom is 0.234 e. The van der Waals surface area contributed by atoms with Gasteiger partial charge in [0.05, 0.1) is 21.7 Å². The lowest BCUT2D eigenvalue weighted by Gasteiger charge is -2.17. The Labute approximate surface area is 217 Å². The smallest absolute Gasteiger partial charge is 0.234 e. The Morgan fingerprint density at radius 2 is 1.82 bits per heavy atom. The molecule has 0 saturated carbocycles. The summed E-state index contributed by atoms with van der Waals surface area (Å²) in [5.74, 6) is 0.444. The molecule has 4 rings (SSSR count). The van der Waals surface area contributed by atoms with Crippen LogP contribution in [0.5, 0.6) is 0 Å². The second kappa shape index (κ2) is 11.5. The van der Waals surface area contributed by atoms with Crippen molar-refractivity contribution >= 4 is 84.8 Å². The summed E-state index contributed by atoms with van der Waals surface area (Å²) in [6.07, 6.45) is 2.33. The number of thiazole rings is 1. The number of aromatic nitrogens is 1. The zero-order chi connectivity index (χ0) is 24.1. The molecule has 0 bridgehead atoms. The molecular weight excluding hydrogens is 505 g/mol. The minimum absolute atomic E-state index is 0.0616. The van der Waals surface area contributed by atoms with E-state index in [9.17, 15) is 9.59 Å². The molecule has 1 aliphatic heterocycles. The summed E-state index contributed by atoms with van der Waals surface area (Å²) in [4.78, 5) is 31.5. The first-order valence-corrected chi connectivity index (χ1v) is 14.2. The quantitative estimate of drug-likeness (QED) is 0.300. The van der Waals surface area contributed by atoms with E-state index in [4.69, 9.17) is 12.2 Å². The Morgan fingerprint density at radius 3 is 2.59 bits per heavy atom. The first-order valence-electron chi connectivity index (χ1n) is 11.0. The molecule has 2 amide bonds. The SMILES string of the molecule is Cc1ccc(NC(=O)CSc2nc3ccc(NC(=O)CSC(=S)N4CCCC4)cc3s2)c(C)c1. The fourth-order valence-corrected chi connectivity index (χ4v) is 6.58. The topological polar surface area (TPSA) is 74.3 Å². The van der Waals surface area contributed by atoms with Crippen molar-refractivity contribution in [3.63, 3.8) is 0 Å². The van der Waals surface area contributed by atoms with E-state index in [-0.39, 0.29) is 17.6 Å². The predicted octanol–water partition coefficient (Wildman–Crippen LogP) is 5.70. The lowest BCUT2D eigenvalue weighted by atomic mass is 10.1. The van der Waals surface area contributed by atoms with Crippen LogP contribution in [0.3, 0.4) is 0 Å². The van der Waals surface area contributed by atoms with E-state index in [2.05, 4.69) is 20.5 Å². The summed E-state index contributed by atoms with van der Waals surface area (Å²) >= 11 is 9.77. The standard InChI is InChI=1S/C24H26N4O2S4/c1-15-5-7-18(16(2)11-15)26-22(30)13-32-23-27-19-8-6-17(12-20(19)34-23)25-21(29)14-33-24(31)28-9-3-4-10-28/h5-8,11-12H,3-4,9-10,13-14H2,1-2H3,(H,25,29)(H,26,30). The van der Waals surface area contributed by atoms with Crippen molar-refractivity contribution in [2.24, 2.45) is 0 Å². The summed E-state index contributed by atoms with van der Waals surface area (Å²) in [6.45, 7) is 5.99. The number of rotatable bonds is 7. The van der Waals surface area contributed by atoms with Crippen molar-refractivity contribution in [3.05, 3.63) is 47.5 Å². The van der Waals surface area contributed by atoms with Crippen molar-refractivity contribution in [3.8, 4) is 0 Å². The number of thiocarbonyl (C=S) groups is 1. The first kappa shape index (κ1) is 25.0. The maximum absolute atomic E-state index is 12.4. The number of likely N-dealkylation sites (tertiary alicyclic amines) is 1. The molecule has 1 saturated heterocycles. The van der Waals surface area contributed by atoms with E-state index in [1.807, 2.05) is 50.2 Å². The van der Waals surface area contributed by atoms with Crippen LogP contribution >= 0.6 is 47.1 Å². The van der Waals surface area contributed by atoms with E-state index >= 15 is 0 Å². The highest BCUT2D eigenvalue weighted by Gasteiger charge is 2.16. The van der Waals surface area contributed by atoms with Crippen molar-refractivity contribution in [1.82, 2.24) is 9.88 Å². The van der Waals surface area contributed by atoms with Crippen LogP contribution in [-0.4, -0.2) is 50.6 Å². The monoisotopic (exact) mass is 530 g/mol. The number of hydrogen-bond donors (Lipinski definition) is 2. The lowest BCUT2D eigenvalue weighted by molar-refractivity contribution is -0.114. The summed E-state index contributed by atoms with van der Waals surface area (Å²) in [5.41, 5.74) is 4.63. The molecule has 178 valence electrons. The van der Waals surface area contributed by atoms with Crippen LogP contribution in [0.4, 0.5) is 11.4 Å². The van der Waals surface area contributed by atoms with Crippen LogP contribution in [0.25, 0.3) is 10.2 Å². The molecule has 0 unspecified atom stereocenters. The minimum Gasteiger partial charge on any atom is -0.358 e. The molecule has 3 aromatic rings. The highest BCUT2D eigenvalue weighted by Crippen LogP contribution is 2.31. The van der Waals surface area contributed by atoms with Gasteiger partial charge in [-0.05, 0) is 56.5 Å². The van der Waals surface area contributed by atoms with Gasteiger partial charge < -0.3 is 15.5 Å². The molecule has 10 heteroatoms. The van der Waals surface area contributed by atoms with Crippen LogP contribution in [0.2, 0.25) is 0 Å². The van der Waals surface area contributed by atoms with Crippen molar-refractivity contribution < 1.29 is 9.59 Å². The van der Waals surface area contributed by atoms with Crippen LogP contribution < -0.4 is 10.6 Å². The number of hydrogen-bond acceptors (Lipinski definition) is 7. The number of fused-ring (bicyclic) bond motifs is 1. The average molecular weight is 531 g/mol. The molecule has 0 radical (unpaired) electrons. The first-order chi connectivity index (χ1) is 16.4. The van der Waals surface area contributed by atoms with Crippen molar-refractivity contribution in [2.75, 3.05) is 35.2 Å². The summed E-state index contributed by atoms with van der Waals surface area (Å²) in [7, 11) is 0. The van der Waals surface area contributed by atoms with Gasteiger partial charge >= 0.3 is 0 Å². The predicted molar refractivity (Wildman–Crippen MR) is 149 cm³/mol. The van der Waals surface area contributed by atoms with Gasteiger partial charge in [-0.15, -0.1) is 11.3 Å². The maximum atomic E-state index is 12.4. The van der Waals surface area contributed by atoms with Crippen molar-refractivity contribution in [2.45, 2.75) is 31.0 Å². The van der Waals surface area contributed by atoms with Gasteiger partial charge in [0.1, 0.15) is 4.32 Å². The van der Waals surface area contributed by atoms with Gasteiger partial charge in [0.15, 0.2) is 4.34 Å². The highest BCUT2D eigenvalue weighted by atomic mass is 32.2. The molecule has 0 spiro atoms. The third-order valence-corrected chi connectivity index (χ3v) is 9.01. The summed E-state index contributed by atoms with van der Waals surface area (Å²) in [5, 5.41) is 5.91. The molecule has 1 aliphatic rings. The molecule has 0 aliphatic carbocycles. The van der Waals surface area contributed by atoms with E-state index in [0.29, 0.717) is 5.75 Å². The zero-order valence-electron chi connectivity index (χ0n) is 19.1. The largest absolute Gasteiger partial charge is 0.358 e. The third-order valence-electron chi connectivity index (χ3n) is 5.33. The van der Waals surface area contributed by atoms with Gasteiger partial charge in [-0.1, -0.05) is 53.4 Å².